The third kappa shape index (κ3) is 4.38. The standard InChI is InChI=1S/C16H20N4O3/c1-4-11(2)17-14(21)10-23-16(22)15-12(3)18-20(19-15)13-8-6-5-7-9-13/h5-9,11H,4,10H2,1-3H3,(H,17,21)/t11-/m0/s1. The summed E-state index contributed by atoms with van der Waals surface area (Å²) in [5, 5.41) is 11.1. The monoisotopic (exact) mass is 316 g/mol. The van der Waals surface area contributed by atoms with Gasteiger partial charge in [-0.05, 0) is 32.4 Å². The zero-order valence-electron chi connectivity index (χ0n) is 13.4. The maximum absolute atomic E-state index is 12.1. The minimum absolute atomic E-state index is 0.0434. The second kappa shape index (κ2) is 7.53. The lowest BCUT2D eigenvalue weighted by atomic mass is 10.2. The average molecular weight is 316 g/mol. The topological polar surface area (TPSA) is 86.1 Å². The lowest BCUT2D eigenvalue weighted by Crippen LogP contribution is -2.35. The molecule has 0 saturated heterocycles. The fourth-order valence-corrected chi connectivity index (χ4v) is 1.86. The minimum Gasteiger partial charge on any atom is -0.451 e. The van der Waals surface area contributed by atoms with Gasteiger partial charge in [-0.15, -0.1) is 5.10 Å². The van der Waals surface area contributed by atoms with Crippen molar-refractivity contribution in [2.24, 2.45) is 0 Å². The molecule has 0 aliphatic carbocycles. The summed E-state index contributed by atoms with van der Waals surface area (Å²) >= 11 is 0. The van der Waals surface area contributed by atoms with Gasteiger partial charge in [0.05, 0.1) is 11.4 Å². The molecule has 1 atom stereocenters. The van der Waals surface area contributed by atoms with Crippen LogP contribution in [0.2, 0.25) is 0 Å². The van der Waals surface area contributed by atoms with Gasteiger partial charge in [0, 0.05) is 6.04 Å². The molecule has 2 rings (SSSR count). The second-order valence-electron chi connectivity index (χ2n) is 5.21. The molecule has 7 nitrogen and oxygen atoms in total. The van der Waals surface area contributed by atoms with Crippen molar-refractivity contribution in [3.05, 3.63) is 41.7 Å². The quantitative estimate of drug-likeness (QED) is 0.819. The number of carbonyl (C=O) groups is 2. The Kier molecular flexibility index (Phi) is 5.46. The summed E-state index contributed by atoms with van der Waals surface area (Å²) in [7, 11) is 0. The van der Waals surface area contributed by atoms with Crippen molar-refractivity contribution in [1.29, 1.82) is 0 Å². The predicted molar refractivity (Wildman–Crippen MR) is 84.3 cm³/mol. The number of amides is 1. The highest BCUT2D eigenvalue weighted by Gasteiger charge is 2.19. The summed E-state index contributed by atoms with van der Waals surface area (Å²) in [5.41, 5.74) is 1.29. The van der Waals surface area contributed by atoms with Crippen molar-refractivity contribution in [3.63, 3.8) is 0 Å². The molecule has 122 valence electrons. The normalized spacial score (nSPS) is 11.8. The predicted octanol–water partition coefficient (Wildman–Crippen LogP) is 1.65. The summed E-state index contributed by atoms with van der Waals surface area (Å²) in [6.07, 6.45) is 0.810. The van der Waals surface area contributed by atoms with Gasteiger partial charge in [0.2, 0.25) is 0 Å². The number of esters is 1. The largest absolute Gasteiger partial charge is 0.451 e. The van der Waals surface area contributed by atoms with Gasteiger partial charge in [-0.2, -0.15) is 9.90 Å². The number of benzene rings is 1. The first-order valence-electron chi connectivity index (χ1n) is 7.47. The lowest BCUT2D eigenvalue weighted by Gasteiger charge is -2.10. The summed E-state index contributed by atoms with van der Waals surface area (Å²) in [6, 6.07) is 9.28. The molecule has 23 heavy (non-hydrogen) atoms. The van der Waals surface area contributed by atoms with Crippen LogP contribution >= 0.6 is 0 Å². The smallest absolute Gasteiger partial charge is 0.361 e. The fourth-order valence-electron chi connectivity index (χ4n) is 1.86. The molecule has 7 heteroatoms. The van der Waals surface area contributed by atoms with Crippen molar-refractivity contribution in [2.45, 2.75) is 33.2 Å². The molecule has 1 amide bonds. The van der Waals surface area contributed by atoms with Gasteiger partial charge in [0.1, 0.15) is 0 Å². The third-order valence-electron chi connectivity index (χ3n) is 3.32. The summed E-state index contributed by atoms with van der Waals surface area (Å²) in [5.74, 6) is -0.996. The third-order valence-corrected chi connectivity index (χ3v) is 3.32. The maximum atomic E-state index is 12.1. The lowest BCUT2D eigenvalue weighted by molar-refractivity contribution is -0.124. The van der Waals surface area contributed by atoms with Gasteiger partial charge in [-0.25, -0.2) is 4.79 Å². The summed E-state index contributed by atoms with van der Waals surface area (Å²) in [4.78, 5) is 25.0. The average Bonchev–Trinajstić information content (AvgIpc) is 2.95. The van der Waals surface area contributed by atoms with Crippen LogP contribution in [0, 0.1) is 6.92 Å². The first-order chi connectivity index (χ1) is 11.0. The Morgan fingerprint density at radius 3 is 2.61 bits per heavy atom. The first kappa shape index (κ1) is 16.7. The zero-order valence-corrected chi connectivity index (χ0v) is 13.4. The summed E-state index contributed by atoms with van der Waals surface area (Å²) in [6.45, 7) is 5.18. The molecule has 1 N–H and O–H groups in total. The van der Waals surface area contributed by atoms with Gasteiger partial charge < -0.3 is 10.1 Å². The van der Waals surface area contributed by atoms with Gasteiger partial charge >= 0.3 is 5.97 Å². The van der Waals surface area contributed by atoms with Crippen LogP contribution in [0.15, 0.2) is 30.3 Å². The van der Waals surface area contributed by atoms with Crippen LogP contribution in [0.5, 0.6) is 0 Å². The molecule has 1 aromatic carbocycles. The fraction of sp³-hybridized carbons (Fsp3) is 0.375. The zero-order chi connectivity index (χ0) is 16.8. The molecule has 0 aliphatic rings. The van der Waals surface area contributed by atoms with Crippen LogP contribution in [0.1, 0.15) is 36.5 Å². The molecule has 2 aromatic rings. The van der Waals surface area contributed by atoms with Crippen molar-refractivity contribution >= 4 is 11.9 Å². The number of rotatable bonds is 6. The SMILES string of the molecule is CC[C@H](C)NC(=O)COC(=O)c1nn(-c2ccccc2)nc1C. The van der Waals surface area contributed by atoms with E-state index in [1.807, 2.05) is 44.2 Å². The molecule has 0 fully saturated rings. The van der Waals surface area contributed by atoms with Crippen LogP contribution in [0.3, 0.4) is 0 Å². The highest BCUT2D eigenvalue weighted by molar-refractivity contribution is 5.90. The Morgan fingerprint density at radius 2 is 1.96 bits per heavy atom. The number of nitrogens with one attached hydrogen (secondary N) is 1. The maximum Gasteiger partial charge on any atom is 0.361 e. The number of aryl methyl sites for hydroxylation is 1. The van der Waals surface area contributed by atoms with Crippen LogP contribution < -0.4 is 5.32 Å². The number of ether oxygens (including phenoxy) is 1. The van der Waals surface area contributed by atoms with E-state index >= 15 is 0 Å². The van der Waals surface area contributed by atoms with Crippen molar-refractivity contribution < 1.29 is 14.3 Å². The number of carbonyl (C=O) groups excluding carboxylic acids is 2. The molecular formula is C16H20N4O3. The Morgan fingerprint density at radius 1 is 1.26 bits per heavy atom. The molecule has 1 aromatic heterocycles. The molecule has 0 unspecified atom stereocenters. The summed E-state index contributed by atoms with van der Waals surface area (Å²) < 4.78 is 5.00. The first-order valence-corrected chi connectivity index (χ1v) is 7.47. The van der Waals surface area contributed by atoms with Crippen LogP contribution in [0.4, 0.5) is 0 Å². The molecular weight excluding hydrogens is 296 g/mol. The Balaban J connectivity index is 2.00. The van der Waals surface area contributed by atoms with Gasteiger partial charge in [0.25, 0.3) is 5.91 Å². The van der Waals surface area contributed by atoms with Crippen LogP contribution in [0.25, 0.3) is 5.69 Å². The van der Waals surface area contributed by atoms with E-state index in [0.29, 0.717) is 5.69 Å². The number of hydrogen-bond acceptors (Lipinski definition) is 5. The van der Waals surface area contributed by atoms with E-state index in [1.165, 1.54) is 4.80 Å². The second-order valence-corrected chi connectivity index (χ2v) is 5.21. The Bertz CT molecular complexity index is 682. The molecule has 0 spiro atoms. The Labute approximate surface area is 134 Å². The highest BCUT2D eigenvalue weighted by Crippen LogP contribution is 2.09. The molecule has 1 heterocycles. The van der Waals surface area contributed by atoms with Gasteiger partial charge in [-0.3, -0.25) is 4.79 Å². The van der Waals surface area contributed by atoms with E-state index in [0.717, 1.165) is 12.1 Å². The number of hydrogen-bond donors (Lipinski definition) is 1. The minimum atomic E-state index is -0.663. The van der Waals surface area contributed by atoms with E-state index < -0.39 is 5.97 Å². The number of para-hydroxylation sites is 1. The van der Waals surface area contributed by atoms with Gasteiger partial charge in [0.15, 0.2) is 12.3 Å². The van der Waals surface area contributed by atoms with E-state index in [1.54, 1.807) is 6.92 Å². The molecule has 0 aliphatic heterocycles. The highest BCUT2D eigenvalue weighted by atomic mass is 16.5. The van der Waals surface area contributed by atoms with Crippen LogP contribution in [-0.4, -0.2) is 39.5 Å². The molecule has 0 saturated carbocycles. The molecule has 0 radical (unpaired) electrons. The van der Waals surface area contributed by atoms with Gasteiger partial charge in [-0.1, -0.05) is 25.1 Å². The van der Waals surface area contributed by atoms with Crippen molar-refractivity contribution in [1.82, 2.24) is 20.3 Å². The van der Waals surface area contributed by atoms with E-state index in [2.05, 4.69) is 15.5 Å². The van der Waals surface area contributed by atoms with Crippen LogP contribution in [-0.2, 0) is 9.53 Å². The number of aromatic nitrogens is 3. The van der Waals surface area contributed by atoms with Crippen molar-refractivity contribution in [2.75, 3.05) is 6.61 Å². The molecule has 0 bridgehead atoms. The number of nitrogens with zero attached hydrogens (tertiary/aromatic N) is 3. The van der Waals surface area contributed by atoms with E-state index in [4.69, 9.17) is 4.74 Å². The Hall–Kier alpha value is -2.70. The van der Waals surface area contributed by atoms with E-state index in [-0.39, 0.29) is 24.2 Å². The van der Waals surface area contributed by atoms with Crippen molar-refractivity contribution in [3.8, 4) is 5.69 Å². The van der Waals surface area contributed by atoms with E-state index in [9.17, 15) is 9.59 Å².